The Kier molecular flexibility index (Phi) is 4.97. The van der Waals surface area contributed by atoms with Crippen molar-refractivity contribution in [1.29, 1.82) is 0 Å². The minimum absolute atomic E-state index is 0.286. The molecule has 6 nitrogen and oxygen atoms in total. The number of hydrogen-bond acceptors (Lipinski definition) is 3. The fraction of sp³-hybridized carbons (Fsp3) is 0.583. The van der Waals surface area contributed by atoms with Gasteiger partial charge in [-0.3, -0.25) is 14.3 Å². The van der Waals surface area contributed by atoms with Gasteiger partial charge in [0.15, 0.2) is 0 Å². The average Bonchev–Trinajstić information content (AvgIpc) is 2.52. The molecule has 9 heteroatoms. The maximum absolute atomic E-state index is 12.4. The highest BCUT2D eigenvalue weighted by molar-refractivity contribution is 5.83. The van der Waals surface area contributed by atoms with Gasteiger partial charge < -0.3 is 10.0 Å². The zero-order chi connectivity index (χ0) is 16.4. The van der Waals surface area contributed by atoms with Crippen molar-refractivity contribution in [2.24, 2.45) is 7.05 Å². The molecular formula is C12H16F3N3O3. The van der Waals surface area contributed by atoms with E-state index >= 15 is 0 Å². The molecule has 0 unspecified atom stereocenters. The highest BCUT2D eigenvalue weighted by Gasteiger charge is 2.34. The second-order valence-corrected chi connectivity index (χ2v) is 4.71. The summed E-state index contributed by atoms with van der Waals surface area (Å²) in [5.41, 5.74) is 1.70. The van der Waals surface area contributed by atoms with Crippen LogP contribution in [-0.2, 0) is 23.1 Å². The van der Waals surface area contributed by atoms with E-state index in [1.807, 2.05) is 0 Å². The minimum atomic E-state index is -4.65. The quantitative estimate of drug-likeness (QED) is 0.882. The lowest BCUT2D eigenvalue weighted by Gasteiger charge is -2.22. The van der Waals surface area contributed by atoms with Gasteiger partial charge in [0.25, 0.3) is 0 Å². The van der Waals surface area contributed by atoms with Gasteiger partial charge in [-0.15, -0.1) is 0 Å². The number of aliphatic carboxylic acids is 1. The van der Waals surface area contributed by atoms with E-state index in [9.17, 15) is 22.8 Å². The van der Waals surface area contributed by atoms with Crippen molar-refractivity contribution in [2.45, 2.75) is 26.4 Å². The summed E-state index contributed by atoms with van der Waals surface area (Å²) in [4.78, 5) is 22.9. The Labute approximate surface area is 119 Å². The second-order valence-electron chi connectivity index (χ2n) is 4.71. The van der Waals surface area contributed by atoms with Crippen LogP contribution in [0.15, 0.2) is 0 Å². The number of hydrogen-bond donors (Lipinski definition) is 1. The molecule has 1 aromatic rings. The highest BCUT2D eigenvalue weighted by Crippen LogP contribution is 2.19. The van der Waals surface area contributed by atoms with Crippen LogP contribution in [0.5, 0.6) is 0 Å². The lowest BCUT2D eigenvalue weighted by atomic mass is 10.1. The van der Waals surface area contributed by atoms with E-state index in [1.54, 1.807) is 20.9 Å². The van der Waals surface area contributed by atoms with Gasteiger partial charge >= 0.3 is 12.1 Å². The number of carbonyl (C=O) groups is 2. The first-order chi connectivity index (χ1) is 9.51. The van der Waals surface area contributed by atoms with Gasteiger partial charge in [-0.05, 0) is 13.8 Å². The van der Waals surface area contributed by atoms with Gasteiger partial charge in [-0.1, -0.05) is 0 Å². The molecule has 0 spiro atoms. The van der Waals surface area contributed by atoms with Crippen LogP contribution < -0.4 is 0 Å². The van der Waals surface area contributed by atoms with E-state index in [1.165, 1.54) is 4.68 Å². The van der Waals surface area contributed by atoms with Gasteiger partial charge in [0.2, 0.25) is 5.91 Å². The number of alkyl halides is 3. The van der Waals surface area contributed by atoms with Gasteiger partial charge in [-0.25, -0.2) is 0 Å². The van der Waals surface area contributed by atoms with Crippen molar-refractivity contribution in [3.05, 3.63) is 17.0 Å². The summed E-state index contributed by atoms with van der Waals surface area (Å²) in [6.07, 6.45) is -4.96. The third-order valence-corrected chi connectivity index (χ3v) is 3.04. The monoisotopic (exact) mass is 307 g/mol. The summed E-state index contributed by atoms with van der Waals surface area (Å²) in [6, 6.07) is 0. The van der Waals surface area contributed by atoms with Crippen molar-refractivity contribution in [3.8, 4) is 0 Å². The highest BCUT2D eigenvalue weighted by atomic mass is 19.4. The van der Waals surface area contributed by atoms with Gasteiger partial charge in [0.05, 0.1) is 12.1 Å². The number of halogens is 3. The third-order valence-electron chi connectivity index (χ3n) is 3.04. The Morgan fingerprint density at radius 2 is 1.90 bits per heavy atom. The number of aromatic nitrogens is 2. The van der Waals surface area contributed by atoms with E-state index < -0.39 is 31.1 Å². The minimum Gasteiger partial charge on any atom is -0.480 e. The normalized spacial score (nSPS) is 11.5. The van der Waals surface area contributed by atoms with Crippen LogP contribution in [0.1, 0.15) is 17.0 Å². The number of carboxylic acids is 1. The van der Waals surface area contributed by atoms with E-state index in [4.69, 9.17) is 5.11 Å². The average molecular weight is 307 g/mol. The topological polar surface area (TPSA) is 75.4 Å². The van der Waals surface area contributed by atoms with Crippen LogP contribution >= 0.6 is 0 Å². The van der Waals surface area contributed by atoms with E-state index in [2.05, 4.69) is 5.10 Å². The number of amides is 1. The fourth-order valence-corrected chi connectivity index (χ4v) is 1.95. The molecule has 0 saturated carbocycles. The molecule has 0 aliphatic heterocycles. The Balaban J connectivity index is 2.92. The SMILES string of the molecule is Cc1nn(C)c(C)c1CC(=O)N(CC(=O)O)CC(F)(F)F. The van der Waals surface area contributed by atoms with Crippen molar-refractivity contribution in [2.75, 3.05) is 13.1 Å². The van der Waals surface area contributed by atoms with E-state index in [-0.39, 0.29) is 11.3 Å². The molecule has 1 heterocycles. The zero-order valence-corrected chi connectivity index (χ0v) is 11.9. The molecule has 1 amide bonds. The van der Waals surface area contributed by atoms with Crippen molar-refractivity contribution in [1.82, 2.24) is 14.7 Å². The number of rotatable bonds is 5. The van der Waals surface area contributed by atoms with Gasteiger partial charge in [0.1, 0.15) is 13.1 Å². The predicted octanol–water partition coefficient (Wildman–Crippen LogP) is 1.05. The summed E-state index contributed by atoms with van der Waals surface area (Å²) >= 11 is 0. The molecule has 0 aromatic carbocycles. The van der Waals surface area contributed by atoms with Crippen molar-refractivity contribution < 1.29 is 27.9 Å². The molecule has 0 aliphatic carbocycles. The van der Waals surface area contributed by atoms with Crippen LogP contribution in [-0.4, -0.2) is 50.9 Å². The molecule has 0 atom stereocenters. The molecule has 1 aromatic heterocycles. The largest absolute Gasteiger partial charge is 0.480 e. The Morgan fingerprint density at radius 3 is 2.29 bits per heavy atom. The molecule has 0 bridgehead atoms. The molecule has 118 valence electrons. The maximum Gasteiger partial charge on any atom is 0.406 e. The Hall–Kier alpha value is -2.06. The predicted molar refractivity (Wildman–Crippen MR) is 66.7 cm³/mol. The number of carbonyl (C=O) groups excluding carboxylic acids is 1. The van der Waals surface area contributed by atoms with Crippen molar-refractivity contribution >= 4 is 11.9 Å². The smallest absolute Gasteiger partial charge is 0.406 e. The zero-order valence-electron chi connectivity index (χ0n) is 11.9. The van der Waals surface area contributed by atoms with Gasteiger partial charge in [0, 0.05) is 18.3 Å². The van der Waals surface area contributed by atoms with Crippen LogP contribution in [0.4, 0.5) is 13.2 Å². The number of nitrogens with zero attached hydrogens (tertiary/aromatic N) is 3. The lowest BCUT2D eigenvalue weighted by molar-refractivity contribution is -0.165. The summed E-state index contributed by atoms with van der Waals surface area (Å²) in [6.45, 7) is 0.752. The summed E-state index contributed by atoms with van der Waals surface area (Å²) in [7, 11) is 1.65. The summed E-state index contributed by atoms with van der Waals surface area (Å²) in [5, 5.41) is 12.7. The fourth-order valence-electron chi connectivity index (χ4n) is 1.95. The molecule has 0 aliphatic rings. The summed E-state index contributed by atoms with van der Waals surface area (Å²) in [5.74, 6) is -2.39. The van der Waals surface area contributed by atoms with Crippen LogP contribution in [0.3, 0.4) is 0 Å². The Bertz CT molecular complexity index is 552. The summed E-state index contributed by atoms with van der Waals surface area (Å²) < 4.78 is 38.8. The van der Waals surface area contributed by atoms with Crippen LogP contribution in [0.2, 0.25) is 0 Å². The number of carboxylic acid groups (broad SMARTS) is 1. The second kappa shape index (κ2) is 6.15. The number of aryl methyl sites for hydroxylation is 2. The molecule has 1 rings (SSSR count). The molecular weight excluding hydrogens is 291 g/mol. The first-order valence-electron chi connectivity index (χ1n) is 6.06. The molecule has 0 saturated heterocycles. The molecule has 21 heavy (non-hydrogen) atoms. The first kappa shape index (κ1) is 17.0. The standard InChI is InChI=1S/C12H16F3N3O3/c1-7-9(8(2)17(3)16-7)4-10(19)18(5-11(20)21)6-12(13,14)15/h4-6H2,1-3H3,(H,20,21). The lowest BCUT2D eigenvalue weighted by Crippen LogP contribution is -2.42. The first-order valence-corrected chi connectivity index (χ1v) is 6.06. The third kappa shape index (κ3) is 4.76. The van der Waals surface area contributed by atoms with Crippen LogP contribution in [0.25, 0.3) is 0 Å². The van der Waals surface area contributed by atoms with Crippen LogP contribution in [0, 0.1) is 13.8 Å². The van der Waals surface area contributed by atoms with E-state index in [0.717, 1.165) is 0 Å². The molecule has 0 fully saturated rings. The molecule has 1 N–H and O–H groups in total. The Morgan fingerprint density at radius 1 is 1.33 bits per heavy atom. The van der Waals surface area contributed by atoms with Gasteiger partial charge in [-0.2, -0.15) is 18.3 Å². The van der Waals surface area contributed by atoms with E-state index in [0.29, 0.717) is 17.0 Å². The maximum atomic E-state index is 12.4. The molecule has 0 radical (unpaired) electrons. The van der Waals surface area contributed by atoms with Crippen molar-refractivity contribution in [3.63, 3.8) is 0 Å².